The van der Waals surface area contributed by atoms with Crippen molar-refractivity contribution < 1.29 is 4.74 Å². The lowest BCUT2D eigenvalue weighted by Crippen LogP contribution is -2.38. The topological polar surface area (TPSA) is 68.1 Å². The van der Waals surface area contributed by atoms with Crippen LogP contribution in [-0.4, -0.2) is 50.9 Å². The van der Waals surface area contributed by atoms with Crippen molar-refractivity contribution in [3.63, 3.8) is 0 Å². The Balaban J connectivity index is 1.21. The van der Waals surface area contributed by atoms with Crippen LogP contribution in [0.4, 0.5) is 5.82 Å². The Morgan fingerprint density at radius 2 is 1.97 bits per heavy atom. The van der Waals surface area contributed by atoms with Gasteiger partial charge in [-0.25, -0.2) is 9.97 Å². The molecule has 3 aromatic heterocycles. The Bertz CT molecular complexity index is 1230. The zero-order valence-electron chi connectivity index (χ0n) is 19.4. The molecule has 1 aromatic carbocycles. The maximum absolute atomic E-state index is 5.58. The summed E-state index contributed by atoms with van der Waals surface area (Å²) in [4.78, 5) is 14.2. The van der Waals surface area contributed by atoms with Crippen LogP contribution in [0, 0.1) is 13.8 Å². The van der Waals surface area contributed by atoms with E-state index in [0.29, 0.717) is 12.6 Å². The smallest absolute Gasteiger partial charge is 0.138 e. The lowest BCUT2D eigenvalue weighted by molar-refractivity contribution is 0.211. The van der Waals surface area contributed by atoms with E-state index in [-0.39, 0.29) is 0 Å². The largest absolute Gasteiger partial charge is 0.496 e. The van der Waals surface area contributed by atoms with E-state index in [4.69, 9.17) is 9.72 Å². The van der Waals surface area contributed by atoms with Crippen molar-refractivity contribution in [3.05, 3.63) is 64.6 Å². The van der Waals surface area contributed by atoms with Crippen LogP contribution in [0.5, 0.6) is 5.75 Å². The number of ether oxygens (including phenoxy) is 1. The molecule has 0 bridgehead atoms. The average Bonchev–Trinajstić information content (AvgIpc) is 3.44. The summed E-state index contributed by atoms with van der Waals surface area (Å²) < 4.78 is 7.51. The molecule has 1 saturated heterocycles. The van der Waals surface area contributed by atoms with Crippen LogP contribution < -0.4 is 10.1 Å². The lowest BCUT2D eigenvalue weighted by atomic mass is 10.0. The van der Waals surface area contributed by atoms with Gasteiger partial charge in [-0.1, -0.05) is 6.07 Å². The Morgan fingerprint density at radius 3 is 2.73 bits per heavy atom. The number of aromatic nitrogens is 4. The van der Waals surface area contributed by atoms with Gasteiger partial charge in [0.15, 0.2) is 0 Å². The van der Waals surface area contributed by atoms with E-state index in [2.05, 4.69) is 51.5 Å². The molecule has 0 aliphatic carbocycles. The number of anilines is 1. The molecule has 0 amide bonds. The SMILES string of the molecule is COc1ccc(CN2CCC(Nc3nc(C)nc4sc(C)cc34)CC2)cc1Cn1cccn1. The Kier molecular flexibility index (Phi) is 6.28. The molecule has 4 aromatic rings. The molecule has 0 unspecified atom stereocenters. The number of aryl methyl sites for hydroxylation is 2. The summed E-state index contributed by atoms with van der Waals surface area (Å²) in [6.45, 7) is 7.89. The Morgan fingerprint density at radius 1 is 1.12 bits per heavy atom. The molecule has 0 spiro atoms. The highest BCUT2D eigenvalue weighted by Crippen LogP contribution is 2.30. The summed E-state index contributed by atoms with van der Waals surface area (Å²) in [7, 11) is 1.73. The minimum Gasteiger partial charge on any atom is -0.496 e. The van der Waals surface area contributed by atoms with E-state index in [9.17, 15) is 0 Å². The monoisotopic (exact) mass is 462 g/mol. The van der Waals surface area contributed by atoms with Crippen LogP contribution in [0.25, 0.3) is 10.2 Å². The van der Waals surface area contributed by atoms with Gasteiger partial charge in [-0.15, -0.1) is 11.3 Å². The first-order valence-corrected chi connectivity index (χ1v) is 12.3. The van der Waals surface area contributed by atoms with Gasteiger partial charge in [-0.2, -0.15) is 5.10 Å². The second-order valence-corrected chi connectivity index (χ2v) is 9.97. The molecule has 8 heteroatoms. The minimum atomic E-state index is 0.435. The lowest BCUT2D eigenvalue weighted by Gasteiger charge is -2.33. The molecule has 0 atom stereocenters. The van der Waals surface area contributed by atoms with Crippen LogP contribution in [-0.2, 0) is 13.1 Å². The predicted octanol–water partition coefficient (Wildman–Crippen LogP) is 4.64. The molecule has 1 fully saturated rings. The zero-order valence-corrected chi connectivity index (χ0v) is 20.2. The highest BCUT2D eigenvalue weighted by atomic mass is 32.1. The number of methoxy groups -OCH3 is 1. The summed E-state index contributed by atoms with van der Waals surface area (Å²) in [5.74, 6) is 2.72. The molecular formula is C25H30N6OS. The normalized spacial score (nSPS) is 15.2. The molecule has 172 valence electrons. The molecular weight excluding hydrogens is 432 g/mol. The fourth-order valence-electron chi connectivity index (χ4n) is 4.57. The molecule has 0 saturated carbocycles. The second-order valence-electron chi connectivity index (χ2n) is 8.74. The maximum atomic E-state index is 5.58. The highest BCUT2D eigenvalue weighted by molar-refractivity contribution is 7.18. The van der Waals surface area contributed by atoms with Gasteiger partial charge in [0.25, 0.3) is 0 Å². The molecule has 7 nitrogen and oxygen atoms in total. The number of hydrogen-bond acceptors (Lipinski definition) is 7. The van der Waals surface area contributed by atoms with Crippen LogP contribution in [0.2, 0.25) is 0 Å². The van der Waals surface area contributed by atoms with Gasteiger partial charge < -0.3 is 10.1 Å². The molecule has 4 heterocycles. The zero-order chi connectivity index (χ0) is 22.8. The number of benzene rings is 1. The minimum absolute atomic E-state index is 0.435. The fraction of sp³-hybridized carbons (Fsp3) is 0.400. The van der Waals surface area contributed by atoms with E-state index < -0.39 is 0 Å². The number of hydrogen-bond donors (Lipinski definition) is 1. The van der Waals surface area contributed by atoms with E-state index >= 15 is 0 Å². The van der Waals surface area contributed by atoms with E-state index in [1.54, 1.807) is 18.4 Å². The van der Waals surface area contributed by atoms with E-state index in [0.717, 1.165) is 65.6 Å². The first kappa shape index (κ1) is 21.9. The molecule has 5 rings (SSSR count). The van der Waals surface area contributed by atoms with Crippen molar-refractivity contribution >= 4 is 27.4 Å². The quantitative estimate of drug-likeness (QED) is 0.432. The summed E-state index contributed by atoms with van der Waals surface area (Å²) in [6, 6.07) is 11.1. The number of thiophene rings is 1. The third-order valence-electron chi connectivity index (χ3n) is 6.20. The standard InChI is InChI=1S/C25H30N6OS/c1-17-13-22-24(27-18(2)28-25(22)33-17)29-21-7-11-30(12-8-21)15-19-5-6-23(32-3)20(14-19)16-31-10-4-9-26-31/h4-6,9-10,13-14,21H,7-8,11-12,15-16H2,1-3H3,(H,27,28,29). The number of piperidine rings is 1. The molecule has 1 N–H and O–H groups in total. The summed E-state index contributed by atoms with van der Waals surface area (Å²) in [5, 5.41) is 9.20. The molecule has 33 heavy (non-hydrogen) atoms. The third-order valence-corrected chi connectivity index (χ3v) is 7.14. The van der Waals surface area contributed by atoms with Crippen molar-refractivity contribution in [1.82, 2.24) is 24.6 Å². The summed E-state index contributed by atoms with van der Waals surface area (Å²) in [5.41, 5.74) is 2.47. The van der Waals surface area contributed by atoms with Gasteiger partial charge in [-0.05, 0) is 56.5 Å². The van der Waals surface area contributed by atoms with Gasteiger partial charge >= 0.3 is 0 Å². The third kappa shape index (κ3) is 5.02. The first-order valence-electron chi connectivity index (χ1n) is 11.4. The summed E-state index contributed by atoms with van der Waals surface area (Å²) >= 11 is 1.73. The van der Waals surface area contributed by atoms with Crippen molar-refractivity contribution in [2.45, 2.75) is 45.8 Å². The van der Waals surface area contributed by atoms with Gasteiger partial charge in [0.1, 0.15) is 22.2 Å². The Labute approximate surface area is 198 Å². The summed E-state index contributed by atoms with van der Waals surface area (Å²) in [6.07, 6.45) is 5.99. The van der Waals surface area contributed by atoms with Crippen molar-refractivity contribution in [2.24, 2.45) is 0 Å². The highest BCUT2D eigenvalue weighted by Gasteiger charge is 2.21. The number of fused-ring (bicyclic) bond motifs is 1. The maximum Gasteiger partial charge on any atom is 0.138 e. The number of nitrogens with zero attached hydrogens (tertiary/aromatic N) is 5. The van der Waals surface area contributed by atoms with E-state index in [1.807, 2.05) is 30.1 Å². The number of likely N-dealkylation sites (tertiary alicyclic amines) is 1. The molecule has 0 radical (unpaired) electrons. The molecule has 1 aliphatic heterocycles. The Hall–Kier alpha value is -2.97. The van der Waals surface area contributed by atoms with Crippen molar-refractivity contribution in [1.29, 1.82) is 0 Å². The van der Waals surface area contributed by atoms with Crippen LogP contribution >= 0.6 is 11.3 Å². The fourth-order valence-corrected chi connectivity index (χ4v) is 5.49. The predicted molar refractivity (Wildman–Crippen MR) is 133 cm³/mol. The number of rotatable bonds is 7. The average molecular weight is 463 g/mol. The second kappa shape index (κ2) is 9.49. The van der Waals surface area contributed by atoms with Crippen LogP contribution in [0.1, 0.15) is 34.7 Å². The van der Waals surface area contributed by atoms with Crippen molar-refractivity contribution in [2.75, 3.05) is 25.5 Å². The van der Waals surface area contributed by atoms with Gasteiger partial charge in [0, 0.05) is 48.5 Å². The van der Waals surface area contributed by atoms with Gasteiger partial charge in [-0.3, -0.25) is 9.58 Å². The van der Waals surface area contributed by atoms with Crippen LogP contribution in [0.3, 0.4) is 0 Å². The molecule has 1 aliphatic rings. The number of nitrogens with one attached hydrogen (secondary N) is 1. The first-order chi connectivity index (χ1) is 16.1. The van der Waals surface area contributed by atoms with Crippen LogP contribution in [0.15, 0.2) is 42.7 Å². The van der Waals surface area contributed by atoms with E-state index in [1.165, 1.54) is 10.4 Å². The van der Waals surface area contributed by atoms with Gasteiger partial charge in [0.05, 0.1) is 19.0 Å². The van der Waals surface area contributed by atoms with Gasteiger partial charge in [0.2, 0.25) is 0 Å². The van der Waals surface area contributed by atoms with Crippen molar-refractivity contribution in [3.8, 4) is 5.75 Å².